The molecule has 3 nitrogen and oxygen atoms in total. The van der Waals surface area contributed by atoms with Gasteiger partial charge in [-0.05, 0) is 32.4 Å². The van der Waals surface area contributed by atoms with Gasteiger partial charge in [-0.1, -0.05) is 35.9 Å². The molecule has 0 aromatic heterocycles. The normalized spacial score (nSPS) is 11.9. The minimum Gasteiger partial charge on any atom is -0.352 e. The maximum Gasteiger partial charge on any atom is 0.220 e. The van der Waals surface area contributed by atoms with Gasteiger partial charge in [0.1, 0.15) is 0 Å². The van der Waals surface area contributed by atoms with E-state index in [-0.39, 0.29) is 11.9 Å². The molecule has 0 aliphatic carbocycles. The number of nitrogens with one attached hydrogen (secondary N) is 2. The fourth-order valence-corrected chi connectivity index (χ4v) is 1.95. The summed E-state index contributed by atoms with van der Waals surface area (Å²) in [5, 5.41) is 6.21. The van der Waals surface area contributed by atoms with Gasteiger partial charge in [-0.2, -0.15) is 0 Å². The van der Waals surface area contributed by atoms with Gasteiger partial charge in [-0.25, -0.2) is 0 Å². The first-order chi connectivity index (χ1) is 9.11. The van der Waals surface area contributed by atoms with E-state index in [4.69, 9.17) is 0 Å². The highest BCUT2D eigenvalue weighted by molar-refractivity contribution is 5.76. The molecule has 1 rings (SSSR count). The topological polar surface area (TPSA) is 41.1 Å². The molecule has 0 fully saturated rings. The predicted molar refractivity (Wildman–Crippen MR) is 80.1 cm³/mol. The monoisotopic (exact) mass is 260 g/mol. The lowest BCUT2D eigenvalue weighted by Gasteiger charge is -2.18. The molecule has 0 saturated carbocycles. The van der Waals surface area contributed by atoms with Crippen molar-refractivity contribution in [1.29, 1.82) is 0 Å². The molecular weight excluding hydrogens is 236 g/mol. The Morgan fingerprint density at radius 3 is 2.53 bits per heavy atom. The minimum atomic E-state index is 0.0965. The molecule has 0 radical (unpaired) electrons. The average molecular weight is 260 g/mol. The Bertz CT molecular complexity index is 400. The van der Waals surface area contributed by atoms with Gasteiger partial charge in [0, 0.05) is 19.0 Å². The molecule has 2 N–H and O–H groups in total. The number of carbonyl (C=O) groups excluding carboxylic acids is 1. The number of hydrogen-bond acceptors (Lipinski definition) is 2. The predicted octanol–water partition coefficient (Wildman–Crippen LogP) is 2.29. The Kier molecular flexibility index (Phi) is 6.90. The second kappa shape index (κ2) is 8.48. The van der Waals surface area contributed by atoms with Crippen molar-refractivity contribution in [3.8, 4) is 0 Å². The van der Waals surface area contributed by atoms with Crippen LogP contribution in [0.15, 0.2) is 42.5 Å². The standard InChI is InChI=1S/C16H24N2O/c1-13(2)9-10-16(19)18-15(12-17-3)11-14-7-5-4-6-8-14/h4-8,15,17H,1,9-12H2,2-3H3,(H,18,19). The van der Waals surface area contributed by atoms with E-state index in [0.29, 0.717) is 6.42 Å². The molecule has 19 heavy (non-hydrogen) atoms. The van der Waals surface area contributed by atoms with Crippen LogP contribution in [0, 0.1) is 0 Å². The first kappa shape index (κ1) is 15.4. The van der Waals surface area contributed by atoms with Crippen LogP contribution in [0.25, 0.3) is 0 Å². The van der Waals surface area contributed by atoms with Gasteiger partial charge in [0.05, 0.1) is 0 Å². The first-order valence-electron chi connectivity index (χ1n) is 6.74. The van der Waals surface area contributed by atoms with E-state index in [1.54, 1.807) is 0 Å². The highest BCUT2D eigenvalue weighted by Gasteiger charge is 2.12. The van der Waals surface area contributed by atoms with Crippen molar-refractivity contribution in [2.45, 2.75) is 32.2 Å². The van der Waals surface area contributed by atoms with Gasteiger partial charge in [0.25, 0.3) is 0 Å². The second-order valence-electron chi connectivity index (χ2n) is 4.97. The quantitative estimate of drug-likeness (QED) is 0.704. The Morgan fingerprint density at radius 2 is 1.95 bits per heavy atom. The molecule has 0 spiro atoms. The Labute approximate surface area is 116 Å². The number of rotatable bonds is 8. The van der Waals surface area contributed by atoms with E-state index < -0.39 is 0 Å². The molecule has 1 amide bonds. The van der Waals surface area contributed by atoms with E-state index in [1.165, 1.54) is 5.56 Å². The van der Waals surface area contributed by atoms with Crippen molar-refractivity contribution in [3.63, 3.8) is 0 Å². The number of benzene rings is 1. The van der Waals surface area contributed by atoms with Gasteiger partial charge >= 0.3 is 0 Å². The summed E-state index contributed by atoms with van der Waals surface area (Å²) in [4.78, 5) is 11.8. The molecule has 3 heteroatoms. The molecule has 0 saturated heterocycles. The van der Waals surface area contributed by atoms with E-state index in [9.17, 15) is 4.79 Å². The third-order valence-corrected chi connectivity index (χ3v) is 2.92. The average Bonchev–Trinajstić information content (AvgIpc) is 2.38. The minimum absolute atomic E-state index is 0.0965. The molecule has 0 aliphatic rings. The van der Waals surface area contributed by atoms with Crippen molar-refractivity contribution in [2.75, 3.05) is 13.6 Å². The lowest BCUT2D eigenvalue weighted by Crippen LogP contribution is -2.42. The smallest absolute Gasteiger partial charge is 0.220 e. The maximum atomic E-state index is 11.8. The van der Waals surface area contributed by atoms with Gasteiger partial charge < -0.3 is 10.6 Å². The van der Waals surface area contributed by atoms with Crippen molar-refractivity contribution >= 4 is 5.91 Å². The van der Waals surface area contributed by atoms with E-state index in [1.807, 2.05) is 32.2 Å². The van der Waals surface area contributed by atoms with Crippen LogP contribution >= 0.6 is 0 Å². The maximum absolute atomic E-state index is 11.8. The molecule has 1 aromatic carbocycles. The van der Waals surface area contributed by atoms with Crippen LogP contribution in [-0.4, -0.2) is 25.5 Å². The van der Waals surface area contributed by atoms with E-state index >= 15 is 0 Å². The van der Waals surface area contributed by atoms with Crippen LogP contribution in [0.4, 0.5) is 0 Å². The molecule has 0 bridgehead atoms. The van der Waals surface area contributed by atoms with Crippen molar-refractivity contribution < 1.29 is 4.79 Å². The third kappa shape index (κ3) is 6.77. The summed E-state index contributed by atoms with van der Waals surface area (Å²) in [6.45, 7) is 6.54. The summed E-state index contributed by atoms with van der Waals surface area (Å²) in [7, 11) is 1.90. The summed E-state index contributed by atoms with van der Waals surface area (Å²) >= 11 is 0. The zero-order chi connectivity index (χ0) is 14.1. The number of likely N-dealkylation sites (N-methyl/N-ethyl adjacent to an activating group) is 1. The van der Waals surface area contributed by atoms with Gasteiger partial charge in [0.2, 0.25) is 5.91 Å². The summed E-state index contributed by atoms with van der Waals surface area (Å²) in [5.74, 6) is 0.0965. The molecule has 1 aromatic rings. The Morgan fingerprint density at radius 1 is 1.26 bits per heavy atom. The highest BCUT2D eigenvalue weighted by atomic mass is 16.1. The van der Waals surface area contributed by atoms with Crippen molar-refractivity contribution in [2.24, 2.45) is 0 Å². The lowest BCUT2D eigenvalue weighted by molar-refractivity contribution is -0.121. The molecule has 0 heterocycles. The largest absolute Gasteiger partial charge is 0.352 e. The summed E-state index contributed by atoms with van der Waals surface area (Å²) < 4.78 is 0. The number of carbonyl (C=O) groups is 1. The third-order valence-electron chi connectivity index (χ3n) is 2.92. The van der Waals surface area contributed by atoms with Crippen LogP contribution in [0.3, 0.4) is 0 Å². The molecule has 0 aliphatic heterocycles. The first-order valence-corrected chi connectivity index (χ1v) is 6.74. The van der Waals surface area contributed by atoms with Crippen LogP contribution in [0.2, 0.25) is 0 Å². The molecule has 1 unspecified atom stereocenters. The molecule has 104 valence electrons. The Balaban J connectivity index is 2.48. The highest BCUT2D eigenvalue weighted by Crippen LogP contribution is 2.04. The molecular formula is C16H24N2O. The number of amides is 1. The number of allylic oxidation sites excluding steroid dienone is 1. The van der Waals surface area contributed by atoms with Crippen LogP contribution in [0.1, 0.15) is 25.3 Å². The van der Waals surface area contributed by atoms with Gasteiger partial charge in [-0.3, -0.25) is 4.79 Å². The van der Waals surface area contributed by atoms with Crippen LogP contribution < -0.4 is 10.6 Å². The fourth-order valence-electron chi connectivity index (χ4n) is 1.95. The zero-order valence-electron chi connectivity index (χ0n) is 11.9. The zero-order valence-corrected chi connectivity index (χ0v) is 11.9. The van der Waals surface area contributed by atoms with Crippen LogP contribution in [0.5, 0.6) is 0 Å². The van der Waals surface area contributed by atoms with E-state index in [0.717, 1.165) is 25.0 Å². The summed E-state index contributed by atoms with van der Waals surface area (Å²) in [5.41, 5.74) is 2.28. The van der Waals surface area contributed by atoms with E-state index in [2.05, 4.69) is 29.3 Å². The molecule has 1 atom stereocenters. The van der Waals surface area contributed by atoms with Crippen molar-refractivity contribution in [3.05, 3.63) is 48.0 Å². The SMILES string of the molecule is C=C(C)CCC(=O)NC(CNC)Cc1ccccc1. The fraction of sp³-hybridized carbons (Fsp3) is 0.438. The van der Waals surface area contributed by atoms with Crippen LogP contribution in [-0.2, 0) is 11.2 Å². The Hall–Kier alpha value is -1.61. The number of hydrogen-bond donors (Lipinski definition) is 2. The second-order valence-corrected chi connectivity index (χ2v) is 4.97. The van der Waals surface area contributed by atoms with Crippen molar-refractivity contribution in [1.82, 2.24) is 10.6 Å². The summed E-state index contributed by atoms with van der Waals surface area (Å²) in [6, 6.07) is 10.3. The lowest BCUT2D eigenvalue weighted by atomic mass is 10.1. The summed E-state index contributed by atoms with van der Waals surface area (Å²) in [6.07, 6.45) is 2.12. The van der Waals surface area contributed by atoms with Gasteiger partial charge in [-0.15, -0.1) is 6.58 Å². The van der Waals surface area contributed by atoms with Gasteiger partial charge in [0.15, 0.2) is 0 Å².